The standard InChI is InChI=1S/C18H16FNO4/c1-11(17(22)13-6-8-15(19)9-7-13)24-18(23)14-4-3-5-16(10-14)20-12(2)21/h3-11H,1-2H3,(H,20,21)/t11-/m0/s1. The van der Waals surface area contributed by atoms with Crippen LogP contribution < -0.4 is 5.32 Å². The third kappa shape index (κ3) is 4.49. The molecule has 0 aliphatic heterocycles. The van der Waals surface area contributed by atoms with E-state index in [1.54, 1.807) is 12.1 Å². The van der Waals surface area contributed by atoms with Gasteiger partial charge in [-0.3, -0.25) is 9.59 Å². The third-order valence-electron chi connectivity index (χ3n) is 3.20. The van der Waals surface area contributed by atoms with Gasteiger partial charge in [-0.05, 0) is 49.4 Å². The summed E-state index contributed by atoms with van der Waals surface area (Å²) in [5.74, 6) is -1.84. The molecule has 0 saturated carbocycles. The normalized spacial score (nSPS) is 11.5. The Morgan fingerprint density at radius 2 is 1.71 bits per heavy atom. The molecule has 2 aromatic rings. The Morgan fingerprint density at radius 3 is 2.33 bits per heavy atom. The largest absolute Gasteiger partial charge is 0.451 e. The Hall–Kier alpha value is -3.02. The number of Topliss-reactive ketones (excluding diaryl/α,β-unsaturated/α-hetero) is 1. The predicted octanol–water partition coefficient (Wildman–Crippen LogP) is 3.21. The first-order chi connectivity index (χ1) is 11.4. The number of amides is 1. The molecule has 0 spiro atoms. The smallest absolute Gasteiger partial charge is 0.338 e. The van der Waals surface area contributed by atoms with E-state index in [9.17, 15) is 18.8 Å². The van der Waals surface area contributed by atoms with Crippen LogP contribution in [-0.2, 0) is 9.53 Å². The van der Waals surface area contributed by atoms with Gasteiger partial charge in [0.1, 0.15) is 5.82 Å². The number of hydrogen-bond donors (Lipinski definition) is 1. The zero-order valence-corrected chi connectivity index (χ0v) is 13.2. The summed E-state index contributed by atoms with van der Waals surface area (Å²) in [6.07, 6.45) is -1.02. The summed E-state index contributed by atoms with van der Waals surface area (Å²) in [7, 11) is 0. The number of halogens is 1. The number of anilines is 1. The second-order valence-corrected chi connectivity index (χ2v) is 5.18. The molecule has 0 aliphatic carbocycles. The van der Waals surface area contributed by atoms with Gasteiger partial charge >= 0.3 is 5.97 Å². The van der Waals surface area contributed by atoms with Crippen LogP contribution in [0.25, 0.3) is 0 Å². The zero-order chi connectivity index (χ0) is 17.7. The van der Waals surface area contributed by atoms with E-state index in [0.29, 0.717) is 5.69 Å². The molecule has 6 heteroatoms. The van der Waals surface area contributed by atoms with Crippen LogP contribution in [0.3, 0.4) is 0 Å². The fourth-order valence-electron chi connectivity index (χ4n) is 2.06. The summed E-state index contributed by atoms with van der Waals surface area (Å²) >= 11 is 0. The molecule has 0 unspecified atom stereocenters. The van der Waals surface area contributed by atoms with E-state index in [1.807, 2.05) is 0 Å². The quantitative estimate of drug-likeness (QED) is 0.675. The third-order valence-corrected chi connectivity index (χ3v) is 3.20. The fourth-order valence-corrected chi connectivity index (χ4v) is 2.06. The van der Waals surface area contributed by atoms with Crippen molar-refractivity contribution in [1.82, 2.24) is 0 Å². The molecule has 24 heavy (non-hydrogen) atoms. The van der Waals surface area contributed by atoms with Gasteiger partial charge in [0.05, 0.1) is 5.56 Å². The van der Waals surface area contributed by atoms with E-state index in [1.165, 1.54) is 50.2 Å². The molecule has 0 heterocycles. The van der Waals surface area contributed by atoms with Gasteiger partial charge in [0.25, 0.3) is 0 Å². The van der Waals surface area contributed by atoms with Crippen molar-refractivity contribution in [3.05, 3.63) is 65.5 Å². The zero-order valence-electron chi connectivity index (χ0n) is 13.2. The molecule has 1 amide bonds. The highest BCUT2D eigenvalue weighted by atomic mass is 19.1. The molecular weight excluding hydrogens is 313 g/mol. The lowest BCUT2D eigenvalue weighted by Crippen LogP contribution is -2.24. The number of esters is 1. The SMILES string of the molecule is CC(=O)Nc1cccc(C(=O)O[C@@H](C)C(=O)c2ccc(F)cc2)c1. The molecule has 124 valence electrons. The number of ketones is 1. The molecular formula is C18H16FNO4. The van der Waals surface area contributed by atoms with Gasteiger partial charge in [0.15, 0.2) is 6.10 Å². The number of rotatable bonds is 5. The highest BCUT2D eigenvalue weighted by Crippen LogP contribution is 2.14. The maximum Gasteiger partial charge on any atom is 0.338 e. The average Bonchev–Trinajstić information content (AvgIpc) is 2.54. The van der Waals surface area contributed by atoms with Crippen molar-refractivity contribution in [3.63, 3.8) is 0 Å². The van der Waals surface area contributed by atoms with Gasteiger partial charge in [0.2, 0.25) is 11.7 Å². The molecule has 0 saturated heterocycles. The van der Waals surface area contributed by atoms with Crippen LogP contribution >= 0.6 is 0 Å². The Bertz CT molecular complexity index is 771. The Kier molecular flexibility index (Phi) is 5.42. The number of ether oxygens (including phenoxy) is 1. The first-order valence-electron chi connectivity index (χ1n) is 7.25. The van der Waals surface area contributed by atoms with Crippen molar-refractivity contribution in [2.45, 2.75) is 20.0 Å². The van der Waals surface area contributed by atoms with Gasteiger partial charge in [-0.15, -0.1) is 0 Å². The minimum Gasteiger partial charge on any atom is -0.451 e. The van der Waals surface area contributed by atoms with Crippen LogP contribution in [0.2, 0.25) is 0 Å². The first-order valence-corrected chi connectivity index (χ1v) is 7.25. The van der Waals surface area contributed by atoms with Crippen LogP contribution in [0.1, 0.15) is 34.6 Å². The van der Waals surface area contributed by atoms with Gasteiger partial charge < -0.3 is 10.1 Å². The van der Waals surface area contributed by atoms with Crippen molar-refractivity contribution in [1.29, 1.82) is 0 Å². The van der Waals surface area contributed by atoms with Gasteiger partial charge in [-0.2, -0.15) is 0 Å². The molecule has 5 nitrogen and oxygen atoms in total. The summed E-state index contributed by atoms with van der Waals surface area (Å²) < 4.78 is 18.0. The lowest BCUT2D eigenvalue weighted by Gasteiger charge is -2.13. The van der Waals surface area contributed by atoms with E-state index in [4.69, 9.17) is 4.74 Å². The van der Waals surface area contributed by atoms with Crippen LogP contribution in [0.5, 0.6) is 0 Å². The Balaban J connectivity index is 2.07. The van der Waals surface area contributed by atoms with E-state index in [-0.39, 0.29) is 17.0 Å². The summed E-state index contributed by atoms with van der Waals surface area (Å²) in [5.41, 5.74) is 0.915. The van der Waals surface area contributed by atoms with Crippen molar-refractivity contribution in [3.8, 4) is 0 Å². The maximum atomic E-state index is 12.9. The monoisotopic (exact) mass is 329 g/mol. The molecule has 1 N–H and O–H groups in total. The number of nitrogens with one attached hydrogen (secondary N) is 1. The van der Waals surface area contributed by atoms with Crippen molar-refractivity contribution in [2.75, 3.05) is 5.32 Å². The fraction of sp³-hybridized carbons (Fsp3) is 0.167. The minimum atomic E-state index is -1.02. The highest BCUT2D eigenvalue weighted by molar-refractivity contribution is 6.01. The average molecular weight is 329 g/mol. The maximum absolute atomic E-state index is 12.9. The van der Waals surface area contributed by atoms with Crippen molar-refractivity contribution < 1.29 is 23.5 Å². The topological polar surface area (TPSA) is 72.5 Å². The lowest BCUT2D eigenvalue weighted by atomic mass is 10.1. The molecule has 0 bridgehead atoms. The lowest BCUT2D eigenvalue weighted by molar-refractivity contribution is -0.114. The molecule has 1 atom stereocenters. The van der Waals surface area contributed by atoms with Crippen molar-refractivity contribution in [2.24, 2.45) is 0 Å². The molecule has 2 rings (SSSR count). The summed E-state index contributed by atoms with van der Waals surface area (Å²) in [6, 6.07) is 11.2. The minimum absolute atomic E-state index is 0.208. The number of benzene rings is 2. The summed E-state index contributed by atoms with van der Waals surface area (Å²) in [6.45, 7) is 2.80. The number of carbonyl (C=O) groups is 3. The van der Waals surface area contributed by atoms with Gasteiger partial charge in [0, 0.05) is 18.2 Å². The van der Waals surface area contributed by atoms with Crippen LogP contribution in [0, 0.1) is 5.82 Å². The summed E-state index contributed by atoms with van der Waals surface area (Å²) in [5, 5.41) is 2.56. The second kappa shape index (κ2) is 7.50. The Labute approximate surface area is 138 Å². The number of carbonyl (C=O) groups excluding carboxylic acids is 3. The summed E-state index contributed by atoms with van der Waals surface area (Å²) in [4.78, 5) is 35.4. The molecule has 0 aliphatic rings. The Morgan fingerprint density at radius 1 is 1.04 bits per heavy atom. The van der Waals surface area contributed by atoms with Crippen LogP contribution in [-0.4, -0.2) is 23.8 Å². The molecule has 2 aromatic carbocycles. The van der Waals surface area contributed by atoms with Gasteiger partial charge in [-0.25, -0.2) is 9.18 Å². The van der Waals surface area contributed by atoms with E-state index >= 15 is 0 Å². The van der Waals surface area contributed by atoms with Gasteiger partial charge in [-0.1, -0.05) is 6.07 Å². The van der Waals surface area contributed by atoms with E-state index in [2.05, 4.69) is 5.32 Å². The van der Waals surface area contributed by atoms with Crippen molar-refractivity contribution >= 4 is 23.3 Å². The van der Waals surface area contributed by atoms with Crippen LogP contribution in [0.4, 0.5) is 10.1 Å². The first kappa shape index (κ1) is 17.3. The highest BCUT2D eigenvalue weighted by Gasteiger charge is 2.20. The second-order valence-electron chi connectivity index (χ2n) is 5.18. The van der Waals surface area contributed by atoms with Crippen LogP contribution in [0.15, 0.2) is 48.5 Å². The predicted molar refractivity (Wildman–Crippen MR) is 86.4 cm³/mol. The molecule has 0 radical (unpaired) electrons. The van der Waals surface area contributed by atoms with E-state index < -0.39 is 23.7 Å². The van der Waals surface area contributed by atoms with E-state index in [0.717, 1.165) is 0 Å². The molecule has 0 aromatic heterocycles. The molecule has 0 fully saturated rings. The number of hydrogen-bond acceptors (Lipinski definition) is 4.